The van der Waals surface area contributed by atoms with Gasteiger partial charge < -0.3 is 5.11 Å². The van der Waals surface area contributed by atoms with Crippen LogP contribution in [0.25, 0.3) is 0 Å². The first-order valence-corrected chi connectivity index (χ1v) is 7.56. The zero-order valence-electron chi connectivity index (χ0n) is 11.3. The number of hydrogen-bond donors (Lipinski definition) is 2. The van der Waals surface area contributed by atoms with Crippen LogP contribution in [-0.4, -0.2) is 26.0 Å². The number of rotatable bonds is 6. The van der Waals surface area contributed by atoms with Gasteiger partial charge in [0, 0.05) is 6.54 Å². The van der Waals surface area contributed by atoms with Crippen LogP contribution in [0, 0.1) is 19.8 Å². The van der Waals surface area contributed by atoms with Crippen molar-refractivity contribution in [3.05, 3.63) is 29.3 Å². The van der Waals surface area contributed by atoms with Gasteiger partial charge in [0.2, 0.25) is 10.0 Å². The van der Waals surface area contributed by atoms with E-state index in [1.807, 2.05) is 13.8 Å². The summed E-state index contributed by atoms with van der Waals surface area (Å²) >= 11 is 0. The van der Waals surface area contributed by atoms with Crippen molar-refractivity contribution < 1.29 is 18.3 Å². The lowest BCUT2D eigenvalue weighted by Crippen LogP contribution is -2.32. The maximum absolute atomic E-state index is 12.0. The molecule has 0 heterocycles. The van der Waals surface area contributed by atoms with Crippen LogP contribution in [0.5, 0.6) is 0 Å². The summed E-state index contributed by atoms with van der Waals surface area (Å²) in [4.78, 5) is 11.0. The van der Waals surface area contributed by atoms with Crippen LogP contribution < -0.4 is 4.72 Å². The molecule has 5 nitrogen and oxygen atoms in total. The quantitative estimate of drug-likeness (QED) is 0.833. The van der Waals surface area contributed by atoms with Gasteiger partial charge >= 0.3 is 5.97 Å². The fourth-order valence-corrected chi connectivity index (χ4v) is 2.75. The maximum atomic E-state index is 12.0. The van der Waals surface area contributed by atoms with Crippen molar-refractivity contribution in [2.75, 3.05) is 6.54 Å². The number of carboxylic acids is 1. The summed E-state index contributed by atoms with van der Waals surface area (Å²) in [6.45, 7) is 5.35. The molecular formula is C13H19NO4S. The Labute approximate surface area is 113 Å². The highest BCUT2D eigenvalue weighted by atomic mass is 32.2. The Bertz CT molecular complexity index is 566. The Kier molecular flexibility index (Phi) is 5.08. The van der Waals surface area contributed by atoms with Crippen molar-refractivity contribution in [2.45, 2.75) is 32.1 Å². The number of sulfonamides is 1. The molecule has 0 spiro atoms. The monoisotopic (exact) mass is 285 g/mol. The Morgan fingerprint density at radius 3 is 2.42 bits per heavy atom. The molecule has 0 bridgehead atoms. The van der Waals surface area contributed by atoms with Crippen LogP contribution >= 0.6 is 0 Å². The van der Waals surface area contributed by atoms with Crippen molar-refractivity contribution in [1.29, 1.82) is 0 Å². The van der Waals surface area contributed by atoms with Crippen molar-refractivity contribution >= 4 is 16.0 Å². The molecule has 1 rings (SSSR count). The van der Waals surface area contributed by atoms with E-state index in [0.717, 1.165) is 11.1 Å². The number of carbonyl (C=O) groups is 1. The van der Waals surface area contributed by atoms with Gasteiger partial charge in [0.15, 0.2) is 0 Å². The minimum Gasteiger partial charge on any atom is -0.481 e. The lowest BCUT2D eigenvalue weighted by atomic mass is 10.1. The summed E-state index contributed by atoms with van der Waals surface area (Å²) < 4.78 is 26.4. The van der Waals surface area contributed by atoms with Gasteiger partial charge in [-0.25, -0.2) is 13.1 Å². The second kappa shape index (κ2) is 6.16. The van der Waals surface area contributed by atoms with E-state index in [4.69, 9.17) is 5.11 Å². The van der Waals surface area contributed by atoms with Crippen LogP contribution in [0.4, 0.5) is 0 Å². The molecule has 0 amide bonds. The molecule has 0 aromatic heterocycles. The van der Waals surface area contributed by atoms with E-state index in [1.165, 1.54) is 6.07 Å². The third kappa shape index (κ3) is 4.04. The first-order chi connectivity index (χ1) is 8.77. The van der Waals surface area contributed by atoms with Gasteiger partial charge in [-0.15, -0.1) is 0 Å². The fraction of sp³-hybridized carbons (Fsp3) is 0.462. The van der Waals surface area contributed by atoms with E-state index in [0.29, 0.717) is 6.42 Å². The fourth-order valence-electron chi connectivity index (χ4n) is 1.58. The normalized spacial score (nSPS) is 13.2. The molecule has 0 aliphatic rings. The van der Waals surface area contributed by atoms with Gasteiger partial charge in [0.25, 0.3) is 0 Å². The van der Waals surface area contributed by atoms with Crippen molar-refractivity contribution in [3.8, 4) is 0 Å². The molecule has 1 unspecified atom stereocenters. The molecule has 0 fully saturated rings. The second-order valence-electron chi connectivity index (χ2n) is 4.54. The SMILES string of the molecule is CCC(CNS(=O)(=O)c1ccc(C)c(C)c1)C(=O)O. The molecule has 19 heavy (non-hydrogen) atoms. The third-order valence-corrected chi connectivity index (χ3v) is 4.57. The lowest BCUT2D eigenvalue weighted by Gasteiger charge is -2.12. The van der Waals surface area contributed by atoms with Gasteiger partial charge in [-0.2, -0.15) is 0 Å². The molecule has 0 aliphatic heterocycles. The minimum atomic E-state index is -3.65. The highest BCUT2D eigenvalue weighted by Crippen LogP contribution is 2.15. The number of benzene rings is 1. The van der Waals surface area contributed by atoms with Gasteiger partial charge in [0.1, 0.15) is 0 Å². The predicted octanol–water partition coefficient (Wildman–Crippen LogP) is 1.69. The Morgan fingerprint density at radius 1 is 1.32 bits per heavy atom. The molecule has 1 aromatic rings. The van der Waals surface area contributed by atoms with Crippen molar-refractivity contribution in [1.82, 2.24) is 4.72 Å². The number of hydrogen-bond acceptors (Lipinski definition) is 3. The predicted molar refractivity (Wildman–Crippen MR) is 72.5 cm³/mol. The molecule has 0 radical (unpaired) electrons. The Morgan fingerprint density at radius 2 is 1.95 bits per heavy atom. The largest absolute Gasteiger partial charge is 0.481 e. The van der Waals surface area contributed by atoms with Crippen LogP contribution in [0.1, 0.15) is 24.5 Å². The summed E-state index contributed by atoms with van der Waals surface area (Å²) in [5.74, 6) is -1.70. The van der Waals surface area contributed by atoms with E-state index >= 15 is 0 Å². The van der Waals surface area contributed by atoms with Crippen molar-refractivity contribution in [2.24, 2.45) is 5.92 Å². The Hall–Kier alpha value is -1.40. The molecule has 1 atom stereocenters. The van der Waals surface area contributed by atoms with Crippen LogP contribution in [-0.2, 0) is 14.8 Å². The zero-order chi connectivity index (χ0) is 14.6. The molecular weight excluding hydrogens is 266 g/mol. The summed E-state index contributed by atoms with van der Waals surface area (Å²) in [5.41, 5.74) is 1.89. The van der Waals surface area contributed by atoms with Gasteiger partial charge in [-0.3, -0.25) is 4.79 Å². The van der Waals surface area contributed by atoms with E-state index in [-0.39, 0.29) is 11.4 Å². The zero-order valence-corrected chi connectivity index (χ0v) is 12.1. The highest BCUT2D eigenvalue weighted by molar-refractivity contribution is 7.89. The number of aliphatic carboxylic acids is 1. The third-order valence-electron chi connectivity index (χ3n) is 3.15. The number of aryl methyl sites for hydroxylation is 2. The van der Waals surface area contributed by atoms with Crippen LogP contribution in [0.15, 0.2) is 23.1 Å². The first kappa shape index (κ1) is 15.7. The first-order valence-electron chi connectivity index (χ1n) is 6.07. The summed E-state index contributed by atoms with van der Waals surface area (Å²) in [6, 6.07) is 4.84. The molecule has 1 aromatic carbocycles. The maximum Gasteiger partial charge on any atom is 0.307 e. The van der Waals surface area contributed by atoms with Crippen molar-refractivity contribution in [3.63, 3.8) is 0 Å². The standard InChI is InChI=1S/C13H19NO4S/c1-4-11(13(15)16)8-14-19(17,18)12-6-5-9(2)10(3)7-12/h5-7,11,14H,4,8H2,1-3H3,(H,15,16). The van der Waals surface area contributed by atoms with Gasteiger partial charge in [-0.1, -0.05) is 13.0 Å². The molecule has 2 N–H and O–H groups in total. The molecule has 106 valence electrons. The van der Waals surface area contributed by atoms with E-state index in [1.54, 1.807) is 19.1 Å². The molecule has 0 saturated carbocycles. The number of nitrogens with one attached hydrogen (secondary N) is 1. The van der Waals surface area contributed by atoms with Gasteiger partial charge in [0.05, 0.1) is 10.8 Å². The van der Waals surface area contributed by atoms with Gasteiger partial charge in [-0.05, 0) is 43.5 Å². The molecule has 0 saturated heterocycles. The molecule has 6 heteroatoms. The minimum absolute atomic E-state index is 0.0961. The lowest BCUT2D eigenvalue weighted by molar-refractivity contribution is -0.141. The van der Waals surface area contributed by atoms with E-state index in [2.05, 4.69) is 4.72 Å². The Balaban J connectivity index is 2.86. The van der Waals surface area contributed by atoms with E-state index < -0.39 is 21.9 Å². The summed E-state index contributed by atoms with van der Waals surface area (Å²) in [6.07, 6.45) is 0.380. The average Bonchev–Trinajstić information content (AvgIpc) is 2.32. The van der Waals surface area contributed by atoms with Crippen LogP contribution in [0.3, 0.4) is 0 Å². The smallest absolute Gasteiger partial charge is 0.307 e. The average molecular weight is 285 g/mol. The van der Waals surface area contributed by atoms with E-state index in [9.17, 15) is 13.2 Å². The molecule has 0 aliphatic carbocycles. The summed E-state index contributed by atoms with van der Waals surface area (Å²) in [7, 11) is -3.65. The number of carboxylic acid groups (broad SMARTS) is 1. The summed E-state index contributed by atoms with van der Waals surface area (Å²) in [5, 5.41) is 8.89. The second-order valence-corrected chi connectivity index (χ2v) is 6.31. The highest BCUT2D eigenvalue weighted by Gasteiger charge is 2.20. The topological polar surface area (TPSA) is 83.5 Å². The van der Waals surface area contributed by atoms with Crippen LogP contribution in [0.2, 0.25) is 0 Å².